The van der Waals surface area contributed by atoms with E-state index in [4.69, 9.17) is 4.42 Å². The number of aryl methyl sites for hydroxylation is 1. The Hall–Kier alpha value is -1.63. The minimum absolute atomic E-state index is 0.970. The molecule has 1 aromatic carbocycles. The molecule has 1 aliphatic carbocycles. The van der Waals surface area contributed by atoms with Gasteiger partial charge in [0.15, 0.2) is 0 Å². The Morgan fingerprint density at radius 3 is 3.07 bits per heavy atom. The van der Waals surface area contributed by atoms with Crippen molar-refractivity contribution in [3.63, 3.8) is 0 Å². The lowest BCUT2D eigenvalue weighted by atomic mass is 10.0. The lowest BCUT2D eigenvalue weighted by Gasteiger charge is -2.01. The molecule has 0 spiro atoms. The molecule has 0 aliphatic heterocycles. The monoisotopic (exact) mass is 183 g/mol. The van der Waals surface area contributed by atoms with E-state index in [0.717, 1.165) is 24.2 Å². The molecular weight excluding hydrogens is 172 g/mol. The van der Waals surface area contributed by atoms with Crippen molar-refractivity contribution in [1.82, 2.24) is 0 Å². The van der Waals surface area contributed by atoms with Crippen LogP contribution in [0.3, 0.4) is 0 Å². The molecular formula is C13H11O+. The van der Waals surface area contributed by atoms with Crippen LogP contribution in [0.4, 0.5) is 0 Å². The predicted molar refractivity (Wildman–Crippen MR) is 58.0 cm³/mol. The third kappa shape index (κ3) is 1.13. The predicted octanol–water partition coefficient (Wildman–Crippen LogP) is 3.67. The van der Waals surface area contributed by atoms with Crippen LogP contribution >= 0.6 is 0 Å². The van der Waals surface area contributed by atoms with Gasteiger partial charge in [0.1, 0.15) is 0 Å². The van der Waals surface area contributed by atoms with E-state index in [-0.39, 0.29) is 0 Å². The summed E-state index contributed by atoms with van der Waals surface area (Å²) in [5, 5.41) is 1.20. The third-order valence-corrected chi connectivity index (χ3v) is 2.63. The zero-order valence-corrected chi connectivity index (χ0v) is 7.86. The van der Waals surface area contributed by atoms with Gasteiger partial charge >= 0.3 is 11.3 Å². The first kappa shape index (κ1) is 7.74. The Morgan fingerprint density at radius 1 is 1.14 bits per heavy atom. The Labute approximate surface area is 82.7 Å². The summed E-state index contributed by atoms with van der Waals surface area (Å²) in [5.41, 5.74) is 2.30. The Bertz CT molecular complexity index is 512. The van der Waals surface area contributed by atoms with Crippen LogP contribution < -0.4 is 0 Å². The molecule has 0 saturated carbocycles. The number of benzene rings is 1. The molecule has 0 radical (unpaired) electrons. The summed E-state index contributed by atoms with van der Waals surface area (Å²) in [6.45, 7) is 0. The number of hydrogen-bond donors (Lipinski definition) is 0. The van der Waals surface area contributed by atoms with Gasteiger partial charge in [0, 0.05) is 12.1 Å². The molecule has 0 unspecified atom stereocenters. The standard InChI is InChI=1S/C13H11O/c1-3-7-12-10(5-1)9-11-6-2-4-8-13(11)14-12/h1,3-5,7-9H,2,6H2/q+1. The molecule has 2 aromatic rings. The summed E-state index contributed by atoms with van der Waals surface area (Å²) in [4.78, 5) is 0. The van der Waals surface area contributed by atoms with Gasteiger partial charge in [0.05, 0.1) is 10.9 Å². The van der Waals surface area contributed by atoms with Crippen molar-refractivity contribution in [2.45, 2.75) is 12.8 Å². The number of rotatable bonds is 0. The van der Waals surface area contributed by atoms with Gasteiger partial charge in [-0.05, 0) is 25.0 Å². The molecule has 1 aliphatic rings. The average molecular weight is 183 g/mol. The number of fused-ring (bicyclic) bond motifs is 2. The van der Waals surface area contributed by atoms with Crippen molar-refractivity contribution < 1.29 is 4.42 Å². The van der Waals surface area contributed by atoms with Crippen LogP contribution in [0.1, 0.15) is 17.7 Å². The van der Waals surface area contributed by atoms with Crippen LogP contribution in [0.2, 0.25) is 0 Å². The van der Waals surface area contributed by atoms with Crippen molar-refractivity contribution in [1.29, 1.82) is 0 Å². The molecule has 0 N–H and O–H groups in total. The van der Waals surface area contributed by atoms with Crippen molar-refractivity contribution in [2.24, 2.45) is 0 Å². The minimum Gasteiger partial charge on any atom is -0.207 e. The summed E-state index contributed by atoms with van der Waals surface area (Å²) in [5.74, 6) is 1.02. The number of allylic oxidation sites excluding steroid dienone is 1. The summed E-state index contributed by atoms with van der Waals surface area (Å²) >= 11 is 0. The minimum atomic E-state index is 0.970. The van der Waals surface area contributed by atoms with E-state index < -0.39 is 0 Å². The van der Waals surface area contributed by atoms with Crippen LogP contribution in [-0.2, 0) is 6.42 Å². The maximum Gasteiger partial charge on any atom is 0.360 e. The molecule has 68 valence electrons. The maximum absolute atomic E-state index is 5.80. The summed E-state index contributed by atoms with van der Waals surface area (Å²) < 4.78 is 5.80. The highest BCUT2D eigenvalue weighted by atomic mass is 16.3. The van der Waals surface area contributed by atoms with Crippen molar-refractivity contribution >= 4 is 17.0 Å². The number of hydrogen-bond acceptors (Lipinski definition) is 0. The van der Waals surface area contributed by atoms with Crippen LogP contribution in [0.15, 0.2) is 40.8 Å². The summed E-state index contributed by atoms with van der Waals surface area (Å²) in [6, 6.07) is 10.4. The van der Waals surface area contributed by atoms with E-state index in [1.54, 1.807) is 0 Å². The van der Waals surface area contributed by atoms with Crippen molar-refractivity contribution in [3.05, 3.63) is 47.7 Å². The lowest BCUT2D eigenvalue weighted by molar-refractivity contribution is 0.578. The van der Waals surface area contributed by atoms with Gasteiger partial charge in [0.25, 0.3) is 0 Å². The lowest BCUT2D eigenvalue weighted by Crippen LogP contribution is -1.93. The van der Waals surface area contributed by atoms with Crippen LogP contribution in [-0.4, -0.2) is 0 Å². The smallest absolute Gasteiger partial charge is 0.207 e. The van der Waals surface area contributed by atoms with E-state index >= 15 is 0 Å². The van der Waals surface area contributed by atoms with E-state index in [1.807, 2.05) is 18.2 Å². The Kier molecular flexibility index (Phi) is 1.63. The average Bonchev–Trinajstić information content (AvgIpc) is 2.26. The molecule has 1 heteroatoms. The second kappa shape index (κ2) is 2.95. The van der Waals surface area contributed by atoms with Gasteiger partial charge in [-0.1, -0.05) is 18.2 Å². The molecule has 0 atom stereocenters. The molecule has 1 heterocycles. The van der Waals surface area contributed by atoms with E-state index in [9.17, 15) is 0 Å². The fourth-order valence-electron chi connectivity index (χ4n) is 1.90. The second-order valence-electron chi connectivity index (χ2n) is 3.61. The molecule has 1 nitrogen and oxygen atoms in total. The largest absolute Gasteiger partial charge is 0.360 e. The first-order valence-corrected chi connectivity index (χ1v) is 4.95. The van der Waals surface area contributed by atoms with Crippen LogP contribution in [0.25, 0.3) is 17.0 Å². The molecule has 1 aromatic heterocycles. The van der Waals surface area contributed by atoms with E-state index in [1.165, 1.54) is 10.9 Å². The van der Waals surface area contributed by atoms with Crippen molar-refractivity contribution in [3.8, 4) is 0 Å². The van der Waals surface area contributed by atoms with Gasteiger partial charge in [-0.15, -0.1) is 0 Å². The Morgan fingerprint density at radius 2 is 2.07 bits per heavy atom. The highest BCUT2D eigenvalue weighted by Gasteiger charge is 2.17. The third-order valence-electron chi connectivity index (χ3n) is 2.63. The van der Waals surface area contributed by atoms with Gasteiger partial charge in [-0.25, -0.2) is 4.42 Å². The highest BCUT2D eigenvalue weighted by Crippen LogP contribution is 2.25. The second-order valence-corrected chi connectivity index (χ2v) is 3.61. The summed E-state index contributed by atoms with van der Waals surface area (Å²) in [6.07, 6.45) is 6.47. The van der Waals surface area contributed by atoms with Crippen LogP contribution in [0, 0.1) is 0 Å². The fraction of sp³-hybridized carbons (Fsp3) is 0.154. The molecule has 0 fully saturated rings. The van der Waals surface area contributed by atoms with Gasteiger partial charge in [-0.3, -0.25) is 0 Å². The molecule has 3 rings (SSSR count). The maximum atomic E-state index is 5.80. The molecule has 0 saturated heterocycles. The molecule has 14 heavy (non-hydrogen) atoms. The quantitative estimate of drug-likeness (QED) is 0.567. The zero-order chi connectivity index (χ0) is 9.38. The van der Waals surface area contributed by atoms with Gasteiger partial charge < -0.3 is 0 Å². The Balaban J connectivity index is 2.34. The first-order chi connectivity index (χ1) is 6.93. The molecule has 0 bridgehead atoms. The summed E-state index contributed by atoms with van der Waals surface area (Å²) in [7, 11) is 0. The molecule has 0 amide bonds. The fourth-order valence-corrected chi connectivity index (χ4v) is 1.90. The first-order valence-electron chi connectivity index (χ1n) is 4.95. The SMILES string of the molecule is C1=Cc2[o+]c3ccccc3cc2CC1. The van der Waals surface area contributed by atoms with E-state index in [2.05, 4.69) is 24.3 Å². The topological polar surface area (TPSA) is 11.3 Å². The number of para-hydroxylation sites is 1. The van der Waals surface area contributed by atoms with Crippen molar-refractivity contribution in [2.75, 3.05) is 0 Å². The van der Waals surface area contributed by atoms with E-state index in [0.29, 0.717) is 0 Å². The van der Waals surface area contributed by atoms with Gasteiger partial charge in [0.2, 0.25) is 0 Å². The zero-order valence-electron chi connectivity index (χ0n) is 7.86. The highest BCUT2D eigenvalue weighted by molar-refractivity contribution is 5.78. The normalized spacial score (nSPS) is 14.3. The van der Waals surface area contributed by atoms with Crippen LogP contribution in [0.5, 0.6) is 0 Å². The van der Waals surface area contributed by atoms with Gasteiger partial charge in [-0.2, -0.15) is 0 Å².